The van der Waals surface area contributed by atoms with Crippen LogP contribution in [0.5, 0.6) is 0 Å². The molecule has 1 aliphatic rings. The first kappa shape index (κ1) is 11.4. The summed E-state index contributed by atoms with van der Waals surface area (Å²) >= 11 is 1.94. The largest absolute Gasteiger partial charge is 0.310 e. The zero-order valence-electron chi connectivity index (χ0n) is 9.39. The van der Waals surface area contributed by atoms with Crippen LogP contribution in [0.2, 0.25) is 0 Å². The van der Waals surface area contributed by atoms with E-state index in [9.17, 15) is 0 Å². The molecule has 0 aromatic heterocycles. The number of nitrogens with one attached hydrogen (secondary N) is 1. The summed E-state index contributed by atoms with van der Waals surface area (Å²) in [5.74, 6) is 1.25. The van der Waals surface area contributed by atoms with Gasteiger partial charge in [0.15, 0.2) is 0 Å². The lowest BCUT2D eigenvalue weighted by atomic mass is 10.00. The fourth-order valence-corrected chi connectivity index (χ4v) is 2.40. The van der Waals surface area contributed by atoms with E-state index in [2.05, 4.69) is 32.3 Å². The summed E-state index contributed by atoms with van der Waals surface area (Å²) in [7, 11) is 0. The molecule has 2 heteroatoms. The average Bonchev–Trinajstić information content (AvgIpc) is 2.84. The molecule has 1 aliphatic carbocycles. The zero-order chi connectivity index (χ0) is 9.90. The molecule has 13 heavy (non-hydrogen) atoms. The molecule has 1 saturated carbocycles. The third kappa shape index (κ3) is 3.17. The number of hydrogen-bond donors (Lipinski definition) is 1. The zero-order valence-corrected chi connectivity index (χ0v) is 10.2. The Balaban J connectivity index is 2.28. The molecule has 1 nitrogen and oxygen atoms in total. The lowest BCUT2D eigenvalue weighted by Gasteiger charge is -2.26. The predicted octanol–water partition coefficient (Wildman–Crippen LogP) is 2.91. The first-order valence-electron chi connectivity index (χ1n) is 5.37. The minimum atomic E-state index is 0.617. The lowest BCUT2D eigenvalue weighted by molar-refractivity contribution is 0.345. The van der Waals surface area contributed by atoms with Crippen molar-refractivity contribution in [2.75, 3.05) is 12.0 Å². The topological polar surface area (TPSA) is 12.0 Å². The highest BCUT2D eigenvalue weighted by molar-refractivity contribution is 7.98. The minimum Gasteiger partial charge on any atom is -0.310 e. The van der Waals surface area contributed by atoms with E-state index in [0.29, 0.717) is 17.5 Å². The van der Waals surface area contributed by atoms with E-state index in [1.807, 2.05) is 11.8 Å². The molecule has 0 bridgehead atoms. The second-order valence-electron chi connectivity index (χ2n) is 4.60. The quantitative estimate of drug-likeness (QED) is 0.709. The van der Waals surface area contributed by atoms with E-state index in [1.165, 1.54) is 25.0 Å². The van der Waals surface area contributed by atoms with Gasteiger partial charge in [-0.15, -0.1) is 0 Å². The van der Waals surface area contributed by atoms with Gasteiger partial charge in [-0.1, -0.05) is 13.8 Å². The van der Waals surface area contributed by atoms with Crippen molar-refractivity contribution in [2.24, 2.45) is 5.41 Å². The van der Waals surface area contributed by atoms with Gasteiger partial charge in [0, 0.05) is 17.8 Å². The van der Waals surface area contributed by atoms with E-state index in [4.69, 9.17) is 0 Å². The summed E-state index contributed by atoms with van der Waals surface area (Å²) in [4.78, 5) is 0. The van der Waals surface area contributed by atoms with Crippen molar-refractivity contribution in [1.82, 2.24) is 5.32 Å². The standard InChI is InChI=1S/C11H23NS/c1-5-10(8-13-4)12-9(2)11(3)6-7-11/h9-10,12H,5-8H2,1-4H3. The Kier molecular flexibility index (Phi) is 4.11. The summed E-state index contributed by atoms with van der Waals surface area (Å²) in [6.07, 6.45) is 6.27. The van der Waals surface area contributed by atoms with Gasteiger partial charge < -0.3 is 5.32 Å². The van der Waals surface area contributed by atoms with Crippen molar-refractivity contribution in [3.05, 3.63) is 0 Å². The van der Waals surface area contributed by atoms with E-state index >= 15 is 0 Å². The Hall–Kier alpha value is 0.310. The minimum absolute atomic E-state index is 0.617. The molecule has 0 saturated heterocycles. The van der Waals surface area contributed by atoms with Gasteiger partial charge in [0.2, 0.25) is 0 Å². The summed E-state index contributed by atoms with van der Waals surface area (Å²) in [6, 6.07) is 1.41. The predicted molar refractivity (Wildman–Crippen MR) is 62.4 cm³/mol. The highest BCUT2D eigenvalue weighted by Crippen LogP contribution is 2.48. The fraction of sp³-hybridized carbons (Fsp3) is 1.00. The van der Waals surface area contributed by atoms with Crippen LogP contribution in [0.15, 0.2) is 0 Å². The highest BCUT2D eigenvalue weighted by atomic mass is 32.2. The molecule has 0 aromatic rings. The van der Waals surface area contributed by atoms with Crippen molar-refractivity contribution in [3.63, 3.8) is 0 Å². The molecule has 1 rings (SSSR count). The molecule has 0 spiro atoms. The summed E-state index contributed by atoms with van der Waals surface area (Å²) < 4.78 is 0. The number of rotatable bonds is 6. The summed E-state index contributed by atoms with van der Waals surface area (Å²) in [5, 5.41) is 3.75. The molecule has 2 unspecified atom stereocenters. The SMILES string of the molecule is CCC(CSC)NC(C)C1(C)CC1. The fourth-order valence-electron chi connectivity index (χ4n) is 1.67. The van der Waals surface area contributed by atoms with Gasteiger partial charge in [-0.3, -0.25) is 0 Å². The second kappa shape index (κ2) is 4.70. The van der Waals surface area contributed by atoms with E-state index < -0.39 is 0 Å². The molecule has 2 atom stereocenters. The Morgan fingerprint density at radius 1 is 1.46 bits per heavy atom. The molecule has 0 aliphatic heterocycles. The maximum absolute atomic E-state index is 3.75. The van der Waals surface area contributed by atoms with Crippen molar-refractivity contribution < 1.29 is 0 Å². The van der Waals surface area contributed by atoms with E-state index in [0.717, 1.165) is 0 Å². The Bertz CT molecular complexity index is 154. The Labute approximate surface area is 87.1 Å². The summed E-state index contributed by atoms with van der Waals surface area (Å²) in [6.45, 7) is 7.02. The second-order valence-corrected chi connectivity index (χ2v) is 5.51. The van der Waals surface area contributed by atoms with Crippen LogP contribution in [-0.4, -0.2) is 24.1 Å². The van der Waals surface area contributed by atoms with Crippen LogP contribution in [0.25, 0.3) is 0 Å². The third-order valence-corrected chi connectivity index (χ3v) is 4.17. The maximum atomic E-state index is 3.75. The van der Waals surface area contributed by atoms with Gasteiger partial charge in [0.25, 0.3) is 0 Å². The van der Waals surface area contributed by atoms with Gasteiger partial charge in [0.1, 0.15) is 0 Å². The highest BCUT2D eigenvalue weighted by Gasteiger charge is 2.42. The normalized spacial score (nSPS) is 24.0. The lowest BCUT2D eigenvalue weighted by Crippen LogP contribution is -2.42. The van der Waals surface area contributed by atoms with Gasteiger partial charge in [-0.05, 0) is 37.9 Å². The maximum Gasteiger partial charge on any atom is 0.0158 e. The molecule has 0 amide bonds. The van der Waals surface area contributed by atoms with Gasteiger partial charge in [-0.2, -0.15) is 11.8 Å². The van der Waals surface area contributed by atoms with Crippen molar-refractivity contribution >= 4 is 11.8 Å². The summed E-state index contributed by atoms with van der Waals surface area (Å²) in [5.41, 5.74) is 0.617. The molecular weight excluding hydrogens is 178 g/mol. The monoisotopic (exact) mass is 201 g/mol. The molecular formula is C11H23NS. The van der Waals surface area contributed by atoms with Crippen LogP contribution in [0.4, 0.5) is 0 Å². The van der Waals surface area contributed by atoms with Gasteiger partial charge >= 0.3 is 0 Å². The van der Waals surface area contributed by atoms with E-state index in [1.54, 1.807) is 0 Å². The first-order valence-corrected chi connectivity index (χ1v) is 6.76. The van der Waals surface area contributed by atoms with Crippen LogP contribution in [-0.2, 0) is 0 Å². The van der Waals surface area contributed by atoms with Crippen LogP contribution in [0.3, 0.4) is 0 Å². The molecule has 0 heterocycles. The van der Waals surface area contributed by atoms with Crippen LogP contribution >= 0.6 is 11.8 Å². The average molecular weight is 201 g/mol. The van der Waals surface area contributed by atoms with Crippen LogP contribution < -0.4 is 5.32 Å². The molecule has 0 aromatic carbocycles. The molecule has 78 valence electrons. The molecule has 0 radical (unpaired) electrons. The smallest absolute Gasteiger partial charge is 0.0158 e. The van der Waals surface area contributed by atoms with Crippen molar-refractivity contribution in [3.8, 4) is 0 Å². The molecule has 1 fully saturated rings. The van der Waals surface area contributed by atoms with Gasteiger partial charge in [-0.25, -0.2) is 0 Å². The molecule has 1 N–H and O–H groups in total. The first-order chi connectivity index (χ1) is 6.12. The number of hydrogen-bond acceptors (Lipinski definition) is 2. The van der Waals surface area contributed by atoms with Crippen LogP contribution in [0.1, 0.15) is 40.0 Å². The van der Waals surface area contributed by atoms with E-state index in [-0.39, 0.29) is 0 Å². The van der Waals surface area contributed by atoms with Gasteiger partial charge in [0.05, 0.1) is 0 Å². The van der Waals surface area contributed by atoms with Crippen LogP contribution in [0, 0.1) is 5.41 Å². The Morgan fingerprint density at radius 3 is 2.46 bits per heavy atom. The third-order valence-electron chi connectivity index (χ3n) is 3.43. The Morgan fingerprint density at radius 2 is 2.08 bits per heavy atom. The number of thioether (sulfide) groups is 1. The van der Waals surface area contributed by atoms with Crippen molar-refractivity contribution in [1.29, 1.82) is 0 Å². The van der Waals surface area contributed by atoms with Crippen molar-refractivity contribution in [2.45, 2.75) is 52.1 Å².